The fraction of sp³-hybridized carbons (Fsp3) is 0.250. The van der Waals surface area contributed by atoms with E-state index in [0.29, 0.717) is 5.69 Å². The number of carbonyl (C=O) groups is 3. The van der Waals surface area contributed by atoms with E-state index in [1.165, 1.54) is 46.2 Å². The smallest absolute Gasteiger partial charge is 0.323 e. The van der Waals surface area contributed by atoms with E-state index in [9.17, 15) is 23.2 Å². The molecule has 0 aromatic heterocycles. The Kier molecular flexibility index (Phi) is 6.58. The SMILES string of the molecule is NCCNC(=O)C1N(C(=O)Nc2ccc(F)cc2)CCN1C(=O)c1ccc(F)cc1. The van der Waals surface area contributed by atoms with Crippen molar-refractivity contribution in [3.8, 4) is 0 Å². The summed E-state index contributed by atoms with van der Waals surface area (Å²) in [6, 6.07) is 9.44. The molecule has 30 heavy (non-hydrogen) atoms. The lowest BCUT2D eigenvalue weighted by molar-refractivity contribution is -0.127. The molecule has 2 aromatic rings. The van der Waals surface area contributed by atoms with Crippen molar-refractivity contribution in [1.29, 1.82) is 0 Å². The Hall–Kier alpha value is -3.53. The van der Waals surface area contributed by atoms with Gasteiger partial charge in [0.15, 0.2) is 6.17 Å². The van der Waals surface area contributed by atoms with Gasteiger partial charge in [0.05, 0.1) is 0 Å². The van der Waals surface area contributed by atoms with Gasteiger partial charge in [-0.25, -0.2) is 13.6 Å². The summed E-state index contributed by atoms with van der Waals surface area (Å²) in [5.74, 6) is -2.03. The first kappa shape index (κ1) is 21.2. The van der Waals surface area contributed by atoms with Crippen molar-refractivity contribution in [2.24, 2.45) is 5.73 Å². The van der Waals surface area contributed by atoms with Gasteiger partial charge in [0.25, 0.3) is 11.8 Å². The van der Waals surface area contributed by atoms with Crippen LogP contribution in [0.2, 0.25) is 0 Å². The zero-order chi connectivity index (χ0) is 21.7. The van der Waals surface area contributed by atoms with Gasteiger partial charge in [-0.15, -0.1) is 0 Å². The first-order chi connectivity index (χ1) is 14.4. The second-order valence-corrected chi connectivity index (χ2v) is 6.59. The Bertz CT molecular complexity index is 921. The number of hydrogen-bond donors (Lipinski definition) is 3. The van der Waals surface area contributed by atoms with Crippen molar-refractivity contribution < 1.29 is 23.2 Å². The summed E-state index contributed by atoms with van der Waals surface area (Å²) in [4.78, 5) is 40.8. The molecule has 2 aromatic carbocycles. The summed E-state index contributed by atoms with van der Waals surface area (Å²) in [6.45, 7) is 0.557. The number of urea groups is 1. The van der Waals surface area contributed by atoms with Crippen LogP contribution in [0.4, 0.5) is 19.3 Å². The second kappa shape index (κ2) is 9.31. The number of nitrogens with two attached hydrogens (primary N) is 1. The first-order valence-corrected chi connectivity index (χ1v) is 9.28. The molecule has 0 bridgehead atoms. The number of nitrogens with one attached hydrogen (secondary N) is 2. The third kappa shape index (κ3) is 4.71. The third-order valence-corrected chi connectivity index (χ3v) is 4.56. The van der Waals surface area contributed by atoms with Gasteiger partial charge in [-0.1, -0.05) is 0 Å². The average molecular weight is 417 g/mol. The Balaban J connectivity index is 1.82. The van der Waals surface area contributed by atoms with Crippen molar-refractivity contribution in [3.63, 3.8) is 0 Å². The molecule has 0 spiro atoms. The first-order valence-electron chi connectivity index (χ1n) is 9.28. The van der Waals surface area contributed by atoms with E-state index in [0.717, 1.165) is 12.1 Å². The van der Waals surface area contributed by atoms with Gasteiger partial charge in [-0.3, -0.25) is 14.5 Å². The average Bonchev–Trinajstić information content (AvgIpc) is 3.19. The van der Waals surface area contributed by atoms with Gasteiger partial charge in [0.1, 0.15) is 11.6 Å². The zero-order valence-electron chi connectivity index (χ0n) is 16.0. The van der Waals surface area contributed by atoms with Crippen molar-refractivity contribution in [2.45, 2.75) is 6.17 Å². The molecule has 1 heterocycles. The summed E-state index contributed by atoms with van der Waals surface area (Å²) in [5, 5.41) is 5.17. The molecule has 10 heteroatoms. The van der Waals surface area contributed by atoms with Crippen LogP contribution in [0.15, 0.2) is 48.5 Å². The molecular formula is C20H21F2N5O3. The highest BCUT2D eigenvalue weighted by Gasteiger charge is 2.42. The molecule has 8 nitrogen and oxygen atoms in total. The predicted octanol–water partition coefficient (Wildman–Crippen LogP) is 1.36. The normalized spacial score (nSPS) is 15.8. The molecule has 158 valence electrons. The molecule has 1 aliphatic heterocycles. The Morgan fingerprint density at radius 2 is 1.50 bits per heavy atom. The van der Waals surface area contributed by atoms with E-state index in [4.69, 9.17) is 5.73 Å². The molecule has 1 aliphatic rings. The van der Waals surface area contributed by atoms with Gasteiger partial charge in [-0.05, 0) is 48.5 Å². The molecule has 1 saturated heterocycles. The Morgan fingerprint density at radius 3 is 2.10 bits per heavy atom. The third-order valence-electron chi connectivity index (χ3n) is 4.56. The van der Waals surface area contributed by atoms with Gasteiger partial charge >= 0.3 is 6.03 Å². The molecule has 1 fully saturated rings. The van der Waals surface area contributed by atoms with E-state index >= 15 is 0 Å². The largest absolute Gasteiger partial charge is 0.351 e. The molecule has 3 rings (SSSR count). The highest BCUT2D eigenvalue weighted by molar-refractivity contribution is 6.00. The van der Waals surface area contributed by atoms with Crippen LogP contribution < -0.4 is 16.4 Å². The van der Waals surface area contributed by atoms with E-state index in [1.54, 1.807) is 0 Å². The van der Waals surface area contributed by atoms with Crippen LogP contribution in [-0.4, -0.2) is 60.0 Å². The minimum absolute atomic E-state index is 0.0979. The maximum Gasteiger partial charge on any atom is 0.323 e. The number of carbonyl (C=O) groups excluding carboxylic acids is 3. The molecule has 0 aliphatic carbocycles. The summed E-state index contributed by atoms with van der Waals surface area (Å²) in [6.07, 6.45) is -1.21. The lowest BCUT2D eigenvalue weighted by atomic mass is 10.2. The number of halogens is 2. The quantitative estimate of drug-likeness (QED) is 0.683. The summed E-state index contributed by atoms with van der Waals surface area (Å²) >= 11 is 0. The van der Waals surface area contributed by atoms with Crippen LogP contribution in [0.3, 0.4) is 0 Å². The lowest BCUT2D eigenvalue weighted by Gasteiger charge is -2.29. The molecule has 0 saturated carbocycles. The number of hydrogen-bond acceptors (Lipinski definition) is 4. The maximum absolute atomic E-state index is 13.2. The zero-order valence-corrected chi connectivity index (χ0v) is 16.0. The van der Waals surface area contributed by atoms with Crippen molar-refractivity contribution in [3.05, 3.63) is 65.7 Å². The van der Waals surface area contributed by atoms with Crippen LogP contribution in [0.5, 0.6) is 0 Å². The predicted molar refractivity (Wildman–Crippen MR) is 105 cm³/mol. The van der Waals surface area contributed by atoms with E-state index in [2.05, 4.69) is 10.6 Å². The number of nitrogens with zero attached hydrogens (tertiary/aromatic N) is 2. The second-order valence-electron chi connectivity index (χ2n) is 6.59. The van der Waals surface area contributed by atoms with Crippen molar-refractivity contribution in [2.75, 3.05) is 31.5 Å². The minimum atomic E-state index is -1.21. The van der Waals surface area contributed by atoms with E-state index < -0.39 is 35.6 Å². The van der Waals surface area contributed by atoms with Gasteiger partial charge < -0.3 is 21.3 Å². The number of amides is 4. The van der Waals surface area contributed by atoms with Crippen molar-refractivity contribution in [1.82, 2.24) is 15.1 Å². The molecule has 4 N–H and O–H groups in total. The summed E-state index contributed by atoms with van der Waals surface area (Å²) in [7, 11) is 0. The summed E-state index contributed by atoms with van der Waals surface area (Å²) < 4.78 is 26.3. The van der Waals surface area contributed by atoms with Crippen LogP contribution in [0.1, 0.15) is 10.4 Å². The van der Waals surface area contributed by atoms with Gasteiger partial charge in [-0.2, -0.15) is 0 Å². The van der Waals surface area contributed by atoms with E-state index in [1.807, 2.05) is 0 Å². The number of rotatable bonds is 5. The Morgan fingerprint density at radius 1 is 0.933 bits per heavy atom. The topological polar surface area (TPSA) is 108 Å². The molecule has 0 radical (unpaired) electrons. The van der Waals surface area contributed by atoms with Crippen LogP contribution in [-0.2, 0) is 4.79 Å². The lowest BCUT2D eigenvalue weighted by Crippen LogP contribution is -2.55. The summed E-state index contributed by atoms with van der Waals surface area (Å²) in [5.41, 5.74) is 5.96. The standard InChI is InChI=1S/C20H21F2N5O3/c21-14-3-1-13(2-4-14)19(29)26-11-12-27(18(26)17(28)24-10-9-23)20(30)25-16-7-5-15(22)6-8-16/h1-8,18H,9-12,23H2,(H,24,28)(H,25,30). The van der Waals surface area contributed by atoms with Crippen LogP contribution in [0, 0.1) is 11.6 Å². The fourth-order valence-corrected chi connectivity index (χ4v) is 3.11. The van der Waals surface area contributed by atoms with E-state index in [-0.39, 0.29) is 31.7 Å². The van der Waals surface area contributed by atoms with Crippen LogP contribution in [0.25, 0.3) is 0 Å². The van der Waals surface area contributed by atoms with Crippen molar-refractivity contribution >= 4 is 23.5 Å². The van der Waals surface area contributed by atoms with Gasteiger partial charge in [0.2, 0.25) is 0 Å². The Labute approximate surface area is 171 Å². The number of anilines is 1. The highest BCUT2D eigenvalue weighted by Crippen LogP contribution is 2.20. The molecular weight excluding hydrogens is 396 g/mol. The molecule has 1 atom stereocenters. The van der Waals surface area contributed by atoms with Gasteiger partial charge in [0, 0.05) is 37.4 Å². The fourth-order valence-electron chi connectivity index (χ4n) is 3.11. The molecule has 1 unspecified atom stereocenters. The molecule has 4 amide bonds. The number of benzene rings is 2. The highest BCUT2D eigenvalue weighted by atomic mass is 19.1. The monoisotopic (exact) mass is 417 g/mol. The minimum Gasteiger partial charge on any atom is -0.351 e. The maximum atomic E-state index is 13.2. The van der Waals surface area contributed by atoms with Crippen LogP contribution >= 0.6 is 0 Å².